The van der Waals surface area contributed by atoms with E-state index in [4.69, 9.17) is 16.3 Å². The second-order valence-corrected chi connectivity index (χ2v) is 4.60. The van der Waals surface area contributed by atoms with Crippen LogP contribution in [0.5, 0.6) is 11.5 Å². The van der Waals surface area contributed by atoms with E-state index in [9.17, 15) is 5.11 Å². The summed E-state index contributed by atoms with van der Waals surface area (Å²) in [6.45, 7) is 1.23. The zero-order valence-electron chi connectivity index (χ0n) is 10.7. The van der Waals surface area contributed by atoms with Crippen molar-refractivity contribution in [3.8, 4) is 11.5 Å². The van der Waals surface area contributed by atoms with Gasteiger partial charge < -0.3 is 15.2 Å². The van der Waals surface area contributed by atoms with Crippen LogP contribution in [-0.2, 0) is 13.1 Å². The topological polar surface area (TPSA) is 41.5 Å². The summed E-state index contributed by atoms with van der Waals surface area (Å²) >= 11 is 6.07. The number of phenolic OH excluding ortho intramolecular Hbond substituents is 1. The molecule has 0 fully saturated rings. The third-order valence-corrected chi connectivity index (χ3v) is 3.25. The van der Waals surface area contributed by atoms with Crippen molar-refractivity contribution in [3.63, 3.8) is 0 Å². The number of methoxy groups -OCH3 is 1. The van der Waals surface area contributed by atoms with E-state index in [0.29, 0.717) is 18.8 Å². The highest BCUT2D eigenvalue weighted by Gasteiger charge is 2.03. The van der Waals surface area contributed by atoms with E-state index < -0.39 is 0 Å². The van der Waals surface area contributed by atoms with E-state index >= 15 is 0 Å². The smallest absolute Gasteiger partial charge is 0.123 e. The van der Waals surface area contributed by atoms with Gasteiger partial charge in [-0.05, 0) is 17.7 Å². The van der Waals surface area contributed by atoms with E-state index in [2.05, 4.69) is 5.32 Å². The van der Waals surface area contributed by atoms with Crippen LogP contribution in [0.1, 0.15) is 11.1 Å². The Kier molecular flexibility index (Phi) is 4.66. The average molecular weight is 278 g/mol. The lowest BCUT2D eigenvalue weighted by Gasteiger charge is -2.09. The Balaban J connectivity index is 1.94. The molecule has 0 spiro atoms. The number of hydrogen-bond donors (Lipinski definition) is 2. The van der Waals surface area contributed by atoms with Crippen molar-refractivity contribution in [1.82, 2.24) is 5.32 Å². The van der Waals surface area contributed by atoms with Gasteiger partial charge in [0, 0.05) is 29.7 Å². The lowest BCUT2D eigenvalue weighted by atomic mass is 10.1. The largest absolute Gasteiger partial charge is 0.507 e. The molecule has 0 aliphatic carbocycles. The first-order chi connectivity index (χ1) is 9.20. The Morgan fingerprint density at radius 1 is 1.11 bits per heavy atom. The molecular weight excluding hydrogens is 262 g/mol. The minimum atomic E-state index is 0.228. The van der Waals surface area contributed by atoms with Crippen LogP contribution in [0.25, 0.3) is 0 Å². The zero-order chi connectivity index (χ0) is 13.7. The van der Waals surface area contributed by atoms with Crippen molar-refractivity contribution in [2.75, 3.05) is 7.11 Å². The molecule has 0 unspecified atom stereocenters. The quantitative estimate of drug-likeness (QED) is 0.881. The van der Waals surface area contributed by atoms with Crippen LogP contribution in [0.3, 0.4) is 0 Å². The number of hydrogen-bond acceptors (Lipinski definition) is 3. The summed E-state index contributed by atoms with van der Waals surface area (Å²) in [7, 11) is 1.57. The summed E-state index contributed by atoms with van der Waals surface area (Å²) in [4.78, 5) is 0. The Labute approximate surface area is 117 Å². The van der Waals surface area contributed by atoms with Gasteiger partial charge in [0.2, 0.25) is 0 Å². The van der Waals surface area contributed by atoms with E-state index in [-0.39, 0.29) is 5.75 Å². The predicted molar refractivity (Wildman–Crippen MR) is 76.7 cm³/mol. The minimum Gasteiger partial charge on any atom is -0.507 e. The zero-order valence-corrected chi connectivity index (χ0v) is 11.4. The van der Waals surface area contributed by atoms with Gasteiger partial charge in [-0.1, -0.05) is 35.9 Å². The third-order valence-electron chi connectivity index (χ3n) is 2.88. The van der Waals surface area contributed by atoms with Gasteiger partial charge in [-0.3, -0.25) is 0 Å². The van der Waals surface area contributed by atoms with Gasteiger partial charge in [-0.25, -0.2) is 0 Å². The fourth-order valence-corrected chi connectivity index (χ4v) is 2.00. The molecule has 2 aromatic carbocycles. The number of nitrogens with one attached hydrogen (secondary N) is 1. The fourth-order valence-electron chi connectivity index (χ4n) is 1.79. The molecule has 0 aromatic heterocycles. The van der Waals surface area contributed by atoms with Crippen LogP contribution in [-0.4, -0.2) is 12.2 Å². The minimum absolute atomic E-state index is 0.228. The molecule has 0 atom stereocenters. The fraction of sp³-hybridized carbons (Fsp3) is 0.200. The standard InChI is InChI=1S/C15H16ClNO2/c1-19-13-7-6-12(15(18)8-13)10-17-9-11-4-2-3-5-14(11)16/h2-8,17-18H,9-10H2,1H3. The molecule has 0 amide bonds. The molecule has 2 N–H and O–H groups in total. The number of ether oxygens (including phenoxy) is 1. The molecule has 0 bridgehead atoms. The number of halogens is 1. The molecular formula is C15H16ClNO2. The average Bonchev–Trinajstić information content (AvgIpc) is 2.42. The highest BCUT2D eigenvalue weighted by molar-refractivity contribution is 6.31. The monoisotopic (exact) mass is 277 g/mol. The van der Waals surface area contributed by atoms with E-state index in [1.54, 1.807) is 13.2 Å². The molecule has 19 heavy (non-hydrogen) atoms. The normalized spacial score (nSPS) is 10.4. The summed E-state index contributed by atoms with van der Waals surface area (Å²) < 4.78 is 5.04. The molecule has 0 aliphatic rings. The molecule has 0 saturated carbocycles. The summed E-state index contributed by atoms with van der Waals surface area (Å²) in [6.07, 6.45) is 0. The molecule has 4 heteroatoms. The number of rotatable bonds is 5. The van der Waals surface area contributed by atoms with E-state index in [0.717, 1.165) is 16.1 Å². The van der Waals surface area contributed by atoms with Crippen molar-refractivity contribution < 1.29 is 9.84 Å². The Hall–Kier alpha value is -1.71. The van der Waals surface area contributed by atoms with E-state index in [1.165, 1.54) is 0 Å². The Bertz CT molecular complexity index is 558. The molecule has 0 heterocycles. The molecule has 100 valence electrons. The number of phenols is 1. The third kappa shape index (κ3) is 3.63. The highest BCUT2D eigenvalue weighted by Crippen LogP contribution is 2.23. The maximum Gasteiger partial charge on any atom is 0.123 e. The van der Waals surface area contributed by atoms with Gasteiger partial charge in [0.05, 0.1) is 7.11 Å². The summed E-state index contributed by atoms with van der Waals surface area (Å²) in [5.74, 6) is 0.873. The van der Waals surface area contributed by atoms with Crippen molar-refractivity contribution in [2.45, 2.75) is 13.1 Å². The lowest BCUT2D eigenvalue weighted by Crippen LogP contribution is -2.13. The first-order valence-electron chi connectivity index (χ1n) is 6.00. The lowest BCUT2D eigenvalue weighted by molar-refractivity contribution is 0.406. The van der Waals surface area contributed by atoms with Crippen LogP contribution >= 0.6 is 11.6 Å². The van der Waals surface area contributed by atoms with Crippen molar-refractivity contribution >= 4 is 11.6 Å². The van der Waals surface area contributed by atoms with Gasteiger partial charge in [0.1, 0.15) is 11.5 Å². The van der Waals surface area contributed by atoms with Gasteiger partial charge >= 0.3 is 0 Å². The second-order valence-electron chi connectivity index (χ2n) is 4.19. The van der Waals surface area contributed by atoms with Crippen LogP contribution in [0.15, 0.2) is 42.5 Å². The molecule has 2 rings (SSSR count). The van der Waals surface area contributed by atoms with Gasteiger partial charge in [0.25, 0.3) is 0 Å². The van der Waals surface area contributed by atoms with Crippen molar-refractivity contribution in [3.05, 3.63) is 58.6 Å². The SMILES string of the molecule is COc1ccc(CNCc2ccccc2Cl)c(O)c1. The van der Waals surface area contributed by atoms with Crippen molar-refractivity contribution in [2.24, 2.45) is 0 Å². The summed E-state index contributed by atoms with van der Waals surface area (Å²) in [5, 5.41) is 13.8. The molecule has 3 nitrogen and oxygen atoms in total. The maximum absolute atomic E-state index is 9.83. The number of aromatic hydroxyl groups is 1. The highest BCUT2D eigenvalue weighted by atomic mass is 35.5. The first-order valence-corrected chi connectivity index (χ1v) is 6.38. The van der Waals surface area contributed by atoms with Gasteiger partial charge in [-0.15, -0.1) is 0 Å². The van der Waals surface area contributed by atoms with Gasteiger partial charge in [-0.2, -0.15) is 0 Å². The predicted octanol–water partition coefficient (Wildman–Crippen LogP) is 3.34. The molecule has 0 aliphatic heterocycles. The molecule has 0 saturated heterocycles. The van der Waals surface area contributed by atoms with E-state index in [1.807, 2.05) is 36.4 Å². The summed E-state index contributed by atoms with van der Waals surface area (Å²) in [6, 6.07) is 13.0. The van der Waals surface area contributed by atoms with Crippen molar-refractivity contribution in [1.29, 1.82) is 0 Å². The van der Waals surface area contributed by atoms with Gasteiger partial charge in [0.15, 0.2) is 0 Å². The Morgan fingerprint density at radius 3 is 2.53 bits per heavy atom. The van der Waals surface area contributed by atoms with Crippen LogP contribution < -0.4 is 10.1 Å². The maximum atomic E-state index is 9.83. The molecule has 0 radical (unpaired) electrons. The Morgan fingerprint density at radius 2 is 1.84 bits per heavy atom. The summed E-state index contributed by atoms with van der Waals surface area (Å²) in [5.41, 5.74) is 1.87. The van der Waals surface area contributed by atoms with Crippen LogP contribution in [0.4, 0.5) is 0 Å². The van der Waals surface area contributed by atoms with Crippen LogP contribution in [0.2, 0.25) is 5.02 Å². The number of benzene rings is 2. The second kappa shape index (κ2) is 6.45. The van der Waals surface area contributed by atoms with Crippen LogP contribution in [0, 0.1) is 0 Å². The molecule has 2 aromatic rings. The first kappa shape index (κ1) is 13.7.